The number of alkyl halides is 2. The minimum atomic E-state index is -2.77. The highest BCUT2D eigenvalue weighted by atomic mass is 35.5. The van der Waals surface area contributed by atoms with E-state index in [1.807, 2.05) is 0 Å². The Balaban J connectivity index is 1.77. The molecule has 1 saturated carbocycles. The zero-order valence-corrected chi connectivity index (χ0v) is 13.7. The summed E-state index contributed by atoms with van der Waals surface area (Å²) in [5.41, 5.74) is 0.611. The molecule has 1 fully saturated rings. The lowest BCUT2D eigenvalue weighted by Gasteiger charge is -2.09. The molecule has 1 aliphatic carbocycles. The van der Waals surface area contributed by atoms with E-state index in [0.29, 0.717) is 17.1 Å². The number of halogens is 3. The quantitative estimate of drug-likeness (QED) is 0.852. The van der Waals surface area contributed by atoms with Crippen molar-refractivity contribution in [2.75, 3.05) is 12.4 Å². The van der Waals surface area contributed by atoms with Gasteiger partial charge in [-0.25, -0.2) is 8.78 Å². The molecular weight excluding hydrogens is 340 g/mol. The van der Waals surface area contributed by atoms with Crippen LogP contribution in [0.2, 0.25) is 5.02 Å². The average molecular weight is 356 g/mol. The summed E-state index contributed by atoms with van der Waals surface area (Å²) in [7, 11) is 1.53. The van der Waals surface area contributed by atoms with Crippen LogP contribution in [0.25, 0.3) is 0 Å². The Morgan fingerprint density at radius 2 is 2.25 bits per heavy atom. The smallest absolute Gasteiger partial charge is 0.283 e. The summed E-state index contributed by atoms with van der Waals surface area (Å²) in [5.74, 6) is 0.334. The Labute approximate surface area is 142 Å². The molecule has 0 radical (unpaired) electrons. The van der Waals surface area contributed by atoms with Crippen LogP contribution in [-0.4, -0.2) is 22.8 Å². The van der Waals surface area contributed by atoms with E-state index in [1.54, 1.807) is 24.3 Å². The molecule has 0 bridgehead atoms. The van der Waals surface area contributed by atoms with Gasteiger partial charge in [-0.05, 0) is 25.0 Å². The van der Waals surface area contributed by atoms with Crippen molar-refractivity contribution < 1.29 is 18.3 Å². The number of aromatic nitrogens is 2. The van der Waals surface area contributed by atoms with Crippen LogP contribution in [0.1, 0.15) is 36.6 Å². The number of anilines is 1. The highest BCUT2D eigenvalue weighted by molar-refractivity contribution is 6.32. The normalized spacial score (nSPS) is 14.0. The molecule has 1 aromatic carbocycles. The molecule has 1 aliphatic rings. The highest BCUT2D eigenvalue weighted by Gasteiger charge is 2.34. The van der Waals surface area contributed by atoms with Gasteiger partial charge in [0.05, 0.1) is 17.8 Å². The number of carbonyl (C=O) groups is 1. The average Bonchev–Trinajstić information content (AvgIpc) is 3.32. The van der Waals surface area contributed by atoms with Crippen molar-refractivity contribution in [3.8, 4) is 5.75 Å². The second-order valence-electron chi connectivity index (χ2n) is 5.60. The molecule has 3 rings (SSSR count). The lowest BCUT2D eigenvalue weighted by molar-refractivity contribution is -0.117. The third-order valence-electron chi connectivity index (χ3n) is 3.77. The second kappa shape index (κ2) is 6.76. The minimum absolute atomic E-state index is 0.0262. The molecule has 0 atom stereocenters. The first kappa shape index (κ1) is 16.7. The number of hydrogen-bond acceptors (Lipinski definition) is 3. The number of amides is 1. The van der Waals surface area contributed by atoms with Crippen molar-refractivity contribution in [2.24, 2.45) is 0 Å². The van der Waals surface area contributed by atoms with Gasteiger partial charge in [0.15, 0.2) is 0 Å². The standard InChI is InChI=1S/C16H16ClF2N3O2/c1-24-11-4-2-3-10(7-11)20-12(23)8-22-15(9-5-6-9)13(17)14(21-22)16(18)19/h2-4,7,9,16H,5-6,8H2,1H3,(H,20,23). The molecular formula is C16H16ClF2N3O2. The molecule has 2 aromatic rings. The van der Waals surface area contributed by atoms with Crippen LogP contribution in [0.5, 0.6) is 5.75 Å². The summed E-state index contributed by atoms with van der Waals surface area (Å²) in [6.07, 6.45) is -1.03. The zero-order valence-electron chi connectivity index (χ0n) is 12.9. The maximum absolute atomic E-state index is 13.0. The number of nitrogens with one attached hydrogen (secondary N) is 1. The molecule has 1 amide bonds. The predicted octanol–water partition coefficient (Wildman–Crippen LogP) is 4.00. The van der Waals surface area contributed by atoms with Gasteiger partial charge in [-0.1, -0.05) is 17.7 Å². The number of carbonyl (C=O) groups excluding carboxylic acids is 1. The first-order valence-electron chi connectivity index (χ1n) is 7.47. The Hall–Kier alpha value is -2.15. The molecule has 5 nitrogen and oxygen atoms in total. The van der Waals surface area contributed by atoms with E-state index in [1.165, 1.54) is 11.8 Å². The Bertz CT molecular complexity index is 760. The summed E-state index contributed by atoms with van der Waals surface area (Å²) in [6, 6.07) is 6.87. The van der Waals surface area contributed by atoms with Gasteiger partial charge in [0.2, 0.25) is 5.91 Å². The molecule has 8 heteroatoms. The number of hydrogen-bond donors (Lipinski definition) is 1. The third-order valence-corrected chi connectivity index (χ3v) is 4.16. The number of nitrogens with zero attached hydrogens (tertiary/aromatic N) is 2. The fraction of sp³-hybridized carbons (Fsp3) is 0.375. The first-order chi connectivity index (χ1) is 11.5. The fourth-order valence-electron chi connectivity index (χ4n) is 2.52. The van der Waals surface area contributed by atoms with Gasteiger partial charge in [0, 0.05) is 17.7 Å². The van der Waals surface area contributed by atoms with Crippen molar-refractivity contribution >= 4 is 23.2 Å². The molecule has 0 aliphatic heterocycles. The van der Waals surface area contributed by atoms with Gasteiger partial charge < -0.3 is 10.1 Å². The topological polar surface area (TPSA) is 56.1 Å². The predicted molar refractivity (Wildman–Crippen MR) is 85.8 cm³/mol. The molecule has 0 spiro atoms. The number of benzene rings is 1. The summed E-state index contributed by atoms with van der Waals surface area (Å²) >= 11 is 6.03. The van der Waals surface area contributed by atoms with Crippen LogP contribution in [0, 0.1) is 0 Å². The monoisotopic (exact) mass is 355 g/mol. The van der Waals surface area contributed by atoms with E-state index in [-0.39, 0.29) is 23.4 Å². The lowest BCUT2D eigenvalue weighted by atomic mass is 10.2. The third kappa shape index (κ3) is 3.51. The summed E-state index contributed by atoms with van der Waals surface area (Å²) in [6.45, 7) is -0.171. The van der Waals surface area contributed by atoms with Crippen LogP contribution >= 0.6 is 11.6 Å². The van der Waals surface area contributed by atoms with Crippen LogP contribution < -0.4 is 10.1 Å². The zero-order chi connectivity index (χ0) is 17.3. The van der Waals surface area contributed by atoms with Gasteiger partial charge >= 0.3 is 0 Å². The lowest BCUT2D eigenvalue weighted by Crippen LogP contribution is -2.21. The number of rotatable bonds is 6. The van der Waals surface area contributed by atoms with Crippen LogP contribution in [-0.2, 0) is 11.3 Å². The van der Waals surface area contributed by atoms with Crippen molar-refractivity contribution in [3.05, 3.63) is 40.7 Å². The van der Waals surface area contributed by atoms with Gasteiger partial charge in [-0.2, -0.15) is 5.10 Å². The Kier molecular flexibility index (Phi) is 4.71. The Morgan fingerprint density at radius 1 is 1.50 bits per heavy atom. The molecule has 1 N–H and O–H groups in total. The van der Waals surface area contributed by atoms with E-state index < -0.39 is 12.1 Å². The fourth-order valence-corrected chi connectivity index (χ4v) is 2.89. The van der Waals surface area contributed by atoms with Gasteiger partial charge in [0.25, 0.3) is 6.43 Å². The summed E-state index contributed by atoms with van der Waals surface area (Å²) in [5, 5.41) is 6.51. The maximum atomic E-state index is 13.0. The van der Waals surface area contributed by atoms with Gasteiger partial charge in [0.1, 0.15) is 18.0 Å². The van der Waals surface area contributed by atoms with Crippen molar-refractivity contribution in [1.29, 1.82) is 0 Å². The Morgan fingerprint density at radius 3 is 2.88 bits per heavy atom. The molecule has 128 valence electrons. The van der Waals surface area contributed by atoms with Gasteiger partial charge in [-0.3, -0.25) is 9.48 Å². The summed E-state index contributed by atoms with van der Waals surface area (Å²) in [4.78, 5) is 12.2. The van der Waals surface area contributed by atoms with Crippen LogP contribution in [0.3, 0.4) is 0 Å². The van der Waals surface area contributed by atoms with Crippen molar-refractivity contribution in [1.82, 2.24) is 9.78 Å². The maximum Gasteiger partial charge on any atom is 0.283 e. The molecule has 24 heavy (non-hydrogen) atoms. The largest absolute Gasteiger partial charge is 0.497 e. The number of methoxy groups -OCH3 is 1. The van der Waals surface area contributed by atoms with Gasteiger partial charge in [-0.15, -0.1) is 0 Å². The van der Waals surface area contributed by atoms with E-state index >= 15 is 0 Å². The highest BCUT2D eigenvalue weighted by Crippen LogP contribution is 2.45. The van der Waals surface area contributed by atoms with E-state index in [4.69, 9.17) is 16.3 Å². The van der Waals surface area contributed by atoms with Crippen LogP contribution in [0.15, 0.2) is 24.3 Å². The van der Waals surface area contributed by atoms with E-state index in [9.17, 15) is 13.6 Å². The molecule has 1 aromatic heterocycles. The SMILES string of the molecule is COc1cccc(NC(=O)Cn2nc(C(F)F)c(Cl)c2C2CC2)c1. The molecule has 0 unspecified atom stereocenters. The van der Waals surface area contributed by atoms with Crippen molar-refractivity contribution in [2.45, 2.75) is 31.7 Å². The second-order valence-corrected chi connectivity index (χ2v) is 5.98. The van der Waals surface area contributed by atoms with E-state index in [2.05, 4.69) is 10.4 Å². The van der Waals surface area contributed by atoms with Crippen LogP contribution in [0.4, 0.5) is 14.5 Å². The van der Waals surface area contributed by atoms with E-state index in [0.717, 1.165) is 12.8 Å². The molecule has 0 saturated heterocycles. The summed E-state index contributed by atoms with van der Waals surface area (Å²) < 4.78 is 32.4. The number of ether oxygens (including phenoxy) is 1. The van der Waals surface area contributed by atoms with Crippen molar-refractivity contribution in [3.63, 3.8) is 0 Å². The molecule has 1 heterocycles. The first-order valence-corrected chi connectivity index (χ1v) is 7.85. The minimum Gasteiger partial charge on any atom is -0.497 e.